The molecule has 4 aromatic rings. The molecular formula is C30H27F2NO3S. The standard InChI is InChI=1S/C30H27F2NO3S/c31-20-16-26-25-10-6-19-15-22(34)7-11-24(19)28(25)29(37(35)30(26)27(32)17-20)18-4-8-23(9-5-18)36-14-12-21-3-1-2-13-33-21/h4-11,15-17,21,29,33-34H,1-3,12-14H2. The minimum atomic E-state index is -1.82. The molecule has 0 radical (unpaired) electrons. The van der Waals surface area contributed by atoms with Crippen LogP contribution in [0.25, 0.3) is 21.9 Å². The van der Waals surface area contributed by atoms with Gasteiger partial charge in [0.2, 0.25) is 0 Å². The van der Waals surface area contributed by atoms with Crippen molar-refractivity contribution < 1.29 is 22.8 Å². The number of rotatable bonds is 5. The van der Waals surface area contributed by atoms with E-state index >= 15 is 0 Å². The fraction of sp³-hybridized carbons (Fsp3) is 0.267. The van der Waals surface area contributed by atoms with Gasteiger partial charge in [-0.25, -0.2) is 8.78 Å². The molecule has 2 N–H and O–H groups in total. The number of ether oxygens (including phenoxy) is 1. The Hall–Kier alpha value is -3.29. The highest BCUT2D eigenvalue weighted by molar-refractivity contribution is 7.85. The highest BCUT2D eigenvalue weighted by Gasteiger charge is 2.36. The minimum Gasteiger partial charge on any atom is -0.508 e. The number of piperidine rings is 1. The molecule has 190 valence electrons. The van der Waals surface area contributed by atoms with Crippen LogP contribution in [0.1, 0.15) is 42.1 Å². The van der Waals surface area contributed by atoms with Crippen molar-refractivity contribution in [1.29, 1.82) is 0 Å². The van der Waals surface area contributed by atoms with Crippen molar-refractivity contribution >= 4 is 21.6 Å². The van der Waals surface area contributed by atoms with E-state index < -0.39 is 27.7 Å². The van der Waals surface area contributed by atoms with Crippen molar-refractivity contribution in [2.75, 3.05) is 13.2 Å². The maximum Gasteiger partial charge on any atom is 0.142 e. The number of phenols is 1. The van der Waals surface area contributed by atoms with E-state index in [1.54, 1.807) is 24.3 Å². The van der Waals surface area contributed by atoms with Crippen molar-refractivity contribution in [3.8, 4) is 22.6 Å². The summed E-state index contributed by atoms with van der Waals surface area (Å²) in [4.78, 5) is 0.0114. The molecule has 0 amide bonds. The number of benzene rings is 4. The molecule has 37 heavy (non-hydrogen) atoms. The molecule has 2 aliphatic rings. The van der Waals surface area contributed by atoms with E-state index in [1.807, 2.05) is 30.3 Å². The van der Waals surface area contributed by atoms with E-state index in [2.05, 4.69) is 5.32 Å². The third kappa shape index (κ3) is 4.51. The zero-order valence-corrected chi connectivity index (χ0v) is 21.0. The number of nitrogens with one attached hydrogen (secondary N) is 1. The Bertz CT molecular complexity index is 1500. The fourth-order valence-corrected chi connectivity index (χ4v) is 7.31. The van der Waals surface area contributed by atoms with Crippen molar-refractivity contribution in [3.63, 3.8) is 0 Å². The third-order valence-corrected chi connectivity index (χ3v) is 9.10. The van der Waals surface area contributed by atoms with Crippen LogP contribution in [0.15, 0.2) is 71.6 Å². The van der Waals surface area contributed by atoms with Crippen molar-refractivity contribution in [3.05, 3.63) is 89.5 Å². The summed E-state index contributed by atoms with van der Waals surface area (Å²) in [6, 6.07) is 18.5. The zero-order valence-electron chi connectivity index (χ0n) is 20.2. The quantitative estimate of drug-likeness (QED) is 0.311. The molecule has 1 fully saturated rings. The van der Waals surface area contributed by atoms with Gasteiger partial charge in [-0.15, -0.1) is 0 Å². The first-order chi connectivity index (χ1) is 18.0. The van der Waals surface area contributed by atoms with Crippen molar-refractivity contribution in [2.24, 2.45) is 0 Å². The highest BCUT2D eigenvalue weighted by Crippen LogP contribution is 2.49. The molecular weight excluding hydrogens is 492 g/mol. The molecule has 0 aliphatic carbocycles. The maximum atomic E-state index is 15.0. The van der Waals surface area contributed by atoms with Crippen LogP contribution >= 0.6 is 0 Å². The summed E-state index contributed by atoms with van der Waals surface area (Å²) >= 11 is 0. The first-order valence-corrected chi connectivity index (χ1v) is 13.8. The summed E-state index contributed by atoms with van der Waals surface area (Å²) in [5, 5.41) is 14.4. The summed E-state index contributed by atoms with van der Waals surface area (Å²) in [7, 11) is -1.82. The molecule has 0 saturated carbocycles. The molecule has 0 aromatic heterocycles. The molecule has 1 saturated heterocycles. The maximum absolute atomic E-state index is 15.0. The Kier molecular flexibility index (Phi) is 6.42. The van der Waals surface area contributed by atoms with E-state index in [0.717, 1.165) is 46.7 Å². The lowest BCUT2D eigenvalue weighted by Gasteiger charge is -2.29. The SMILES string of the molecule is O=S1c2c(F)cc(F)cc2-c2ccc3cc(O)ccc3c2C1c1ccc(OCCC2CCCCN2)cc1. The van der Waals surface area contributed by atoms with Gasteiger partial charge in [-0.05, 0) is 83.6 Å². The molecule has 3 unspecified atom stereocenters. The summed E-state index contributed by atoms with van der Waals surface area (Å²) in [6.07, 6.45) is 4.58. The van der Waals surface area contributed by atoms with Gasteiger partial charge in [-0.2, -0.15) is 0 Å². The van der Waals surface area contributed by atoms with E-state index in [-0.39, 0.29) is 10.6 Å². The average Bonchev–Trinajstić information content (AvgIpc) is 2.89. The Labute approximate surface area is 216 Å². The van der Waals surface area contributed by atoms with Gasteiger partial charge < -0.3 is 15.2 Å². The van der Waals surface area contributed by atoms with Crippen molar-refractivity contribution in [2.45, 2.75) is 41.9 Å². The largest absolute Gasteiger partial charge is 0.508 e. The molecule has 3 atom stereocenters. The minimum absolute atomic E-state index is 0.0114. The summed E-state index contributed by atoms with van der Waals surface area (Å²) in [6.45, 7) is 1.66. The topological polar surface area (TPSA) is 58.6 Å². The van der Waals surface area contributed by atoms with E-state index in [1.165, 1.54) is 25.3 Å². The van der Waals surface area contributed by atoms with Crippen LogP contribution in [-0.2, 0) is 10.8 Å². The molecule has 2 heterocycles. The predicted molar refractivity (Wildman–Crippen MR) is 141 cm³/mol. The lowest BCUT2D eigenvalue weighted by Crippen LogP contribution is -2.35. The van der Waals surface area contributed by atoms with Crippen molar-refractivity contribution in [1.82, 2.24) is 5.32 Å². The molecule has 0 spiro atoms. The lowest BCUT2D eigenvalue weighted by atomic mass is 9.89. The Morgan fingerprint density at radius 1 is 0.973 bits per heavy atom. The van der Waals surface area contributed by atoms with Gasteiger partial charge in [0, 0.05) is 17.7 Å². The molecule has 2 aliphatic heterocycles. The molecule has 4 aromatic carbocycles. The number of halogens is 2. The first-order valence-electron chi connectivity index (χ1n) is 12.6. The Morgan fingerprint density at radius 2 is 1.81 bits per heavy atom. The van der Waals surface area contributed by atoms with Crippen LogP contribution in [0.2, 0.25) is 0 Å². The Balaban J connectivity index is 1.38. The fourth-order valence-electron chi connectivity index (χ4n) is 5.57. The number of hydrogen-bond acceptors (Lipinski definition) is 4. The molecule has 0 bridgehead atoms. The van der Waals surface area contributed by atoms with Crippen LogP contribution in [0.4, 0.5) is 8.78 Å². The van der Waals surface area contributed by atoms with Gasteiger partial charge in [0.05, 0.1) is 27.6 Å². The van der Waals surface area contributed by atoms with Gasteiger partial charge in [0.1, 0.15) is 23.1 Å². The number of hydrogen-bond donors (Lipinski definition) is 2. The molecule has 7 heteroatoms. The second kappa shape index (κ2) is 9.88. The monoisotopic (exact) mass is 519 g/mol. The van der Waals surface area contributed by atoms with Gasteiger partial charge in [0.25, 0.3) is 0 Å². The van der Waals surface area contributed by atoms with E-state index in [4.69, 9.17) is 4.74 Å². The van der Waals surface area contributed by atoms with Gasteiger partial charge in [0.15, 0.2) is 0 Å². The summed E-state index contributed by atoms with van der Waals surface area (Å²) in [5.41, 5.74) is 2.41. The molecule has 6 rings (SSSR count). The van der Waals surface area contributed by atoms with Gasteiger partial charge in [-0.3, -0.25) is 4.21 Å². The van der Waals surface area contributed by atoms with Crippen LogP contribution in [-0.4, -0.2) is 28.5 Å². The van der Waals surface area contributed by atoms with Crippen LogP contribution in [0.3, 0.4) is 0 Å². The predicted octanol–water partition coefficient (Wildman–Crippen LogP) is 6.61. The van der Waals surface area contributed by atoms with Crippen LogP contribution in [0.5, 0.6) is 11.5 Å². The van der Waals surface area contributed by atoms with Crippen LogP contribution in [0, 0.1) is 11.6 Å². The smallest absolute Gasteiger partial charge is 0.142 e. The average molecular weight is 520 g/mol. The Morgan fingerprint density at radius 3 is 2.59 bits per heavy atom. The van der Waals surface area contributed by atoms with E-state index in [0.29, 0.717) is 23.8 Å². The van der Waals surface area contributed by atoms with Gasteiger partial charge >= 0.3 is 0 Å². The summed E-state index contributed by atoms with van der Waals surface area (Å²) in [5.74, 6) is -0.694. The molecule has 4 nitrogen and oxygen atoms in total. The highest BCUT2D eigenvalue weighted by atomic mass is 32.2. The number of aromatic hydroxyl groups is 1. The van der Waals surface area contributed by atoms with Gasteiger partial charge in [-0.1, -0.05) is 36.8 Å². The number of phenolic OH excluding ortho intramolecular Hbond substituents is 1. The van der Waals surface area contributed by atoms with Crippen LogP contribution < -0.4 is 10.1 Å². The second-order valence-electron chi connectivity index (χ2n) is 9.73. The third-order valence-electron chi connectivity index (χ3n) is 7.35. The number of fused-ring (bicyclic) bond motifs is 5. The zero-order chi connectivity index (χ0) is 25.5. The summed E-state index contributed by atoms with van der Waals surface area (Å²) < 4.78 is 49.1. The normalized spacial score (nSPS) is 20.9. The van der Waals surface area contributed by atoms with E-state index in [9.17, 15) is 18.1 Å². The first kappa shape index (κ1) is 24.1. The lowest BCUT2D eigenvalue weighted by molar-refractivity contribution is 0.268. The second-order valence-corrected chi connectivity index (χ2v) is 11.2.